The number of ether oxygens (including phenoxy) is 1. The molecule has 1 fully saturated rings. The van der Waals surface area contributed by atoms with Crippen LogP contribution in [-0.2, 0) is 11.3 Å². The summed E-state index contributed by atoms with van der Waals surface area (Å²) in [6.45, 7) is 4.70. The molecule has 1 N–H and O–H groups in total. The van der Waals surface area contributed by atoms with Crippen LogP contribution in [0.3, 0.4) is 0 Å². The third-order valence-corrected chi connectivity index (χ3v) is 3.66. The second-order valence-electron chi connectivity index (χ2n) is 5.31. The lowest BCUT2D eigenvalue weighted by Crippen LogP contribution is -2.36. The van der Waals surface area contributed by atoms with E-state index in [2.05, 4.69) is 11.9 Å². The van der Waals surface area contributed by atoms with Crippen molar-refractivity contribution in [3.05, 3.63) is 48.0 Å². The third-order valence-electron chi connectivity index (χ3n) is 3.66. The molecule has 1 aliphatic carbocycles. The van der Waals surface area contributed by atoms with Crippen molar-refractivity contribution < 1.29 is 9.53 Å². The number of rotatable bonds is 6. The fourth-order valence-electron chi connectivity index (χ4n) is 2.53. The Hall–Kier alpha value is -1.61. The highest BCUT2D eigenvalue weighted by Crippen LogP contribution is 2.18. The van der Waals surface area contributed by atoms with Crippen molar-refractivity contribution in [3.8, 4) is 0 Å². The Morgan fingerprint density at radius 2 is 1.95 bits per heavy atom. The molecule has 20 heavy (non-hydrogen) atoms. The molecule has 0 radical (unpaired) electrons. The van der Waals surface area contributed by atoms with Gasteiger partial charge in [0.2, 0.25) is 0 Å². The summed E-state index contributed by atoms with van der Waals surface area (Å²) in [5, 5.41) is 3.12. The van der Waals surface area contributed by atoms with Crippen LogP contribution in [0.2, 0.25) is 0 Å². The Morgan fingerprint density at radius 3 is 2.60 bits per heavy atom. The molecular weight excluding hydrogens is 250 g/mol. The second kappa shape index (κ2) is 7.85. The molecule has 0 aromatic heterocycles. The molecule has 2 rings (SSSR count). The molecule has 1 saturated carbocycles. The van der Waals surface area contributed by atoms with Crippen molar-refractivity contribution in [2.75, 3.05) is 6.61 Å². The van der Waals surface area contributed by atoms with Gasteiger partial charge in [-0.1, -0.05) is 37.5 Å². The van der Waals surface area contributed by atoms with Crippen molar-refractivity contribution >= 4 is 5.91 Å². The first-order valence-electron chi connectivity index (χ1n) is 7.38. The third kappa shape index (κ3) is 4.49. The monoisotopic (exact) mass is 273 g/mol. The summed E-state index contributed by atoms with van der Waals surface area (Å²) in [6.07, 6.45) is 7.70. The van der Waals surface area contributed by atoms with E-state index in [4.69, 9.17) is 4.74 Å². The molecule has 0 saturated heterocycles. The summed E-state index contributed by atoms with van der Waals surface area (Å²) in [7, 11) is 0. The molecule has 3 nitrogen and oxygen atoms in total. The second-order valence-corrected chi connectivity index (χ2v) is 5.31. The lowest BCUT2D eigenvalue weighted by molar-refractivity contribution is 0.0927. The minimum atomic E-state index is 0.0375. The number of benzene rings is 1. The van der Waals surface area contributed by atoms with E-state index >= 15 is 0 Å². The first kappa shape index (κ1) is 14.8. The summed E-state index contributed by atoms with van der Waals surface area (Å²) < 4.78 is 5.37. The molecule has 1 aliphatic rings. The van der Waals surface area contributed by atoms with Gasteiger partial charge in [-0.05, 0) is 30.5 Å². The highest BCUT2D eigenvalue weighted by Gasteiger charge is 2.16. The van der Waals surface area contributed by atoms with Gasteiger partial charge in [-0.3, -0.25) is 4.79 Å². The van der Waals surface area contributed by atoms with Crippen LogP contribution in [0.1, 0.15) is 48.0 Å². The predicted molar refractivity (Wildman–Crippen MR) is 80.6 cm³/mol. The topological polar surface area (TPSA) is 38.3 Å². The number of carbonyl (C=O) groups excluding carboxylic acids is 1. The first-order chi connectivity index (χ1) is 9.79. The van der Waals surface area contributed by atoms with Crippen LogP contribution in [0.15, 0.2) is 36.9 Å². The number of carbonyl (C=O) groups is 1. The maximum Gasteiger partial charge on any atom is 0.251 e. The zero-order chi connectivity index (χ0) is 14.2. The van der Waals surface area contributed by atoms with Crippen LogP contribution in [0.5, 0.6) is 0 Å². The van der Waals surface area contributed by atoms with E-state index < -0.39 is 0 Å². The van der Waals surface area contributed by atoms with Crippen molar-refractivity contribution in [1.29, 1.82) is 0 Å². The van der Waals surface area contributed by atoms with Gasteiger partial charge in [-0.25, -0.2) is 0 Å². The van der Waals surface area contributed by atoms with Crippen LogP contribution in [0.25, 0.3) is 0 Å². The fraction of sp³-hybridized carbons (Fsp3) is 0.471. The maximum atomic E-state index is 12.1. The highest BCUT2D eigenvalue weighted by molar-refractivity contribution is 5.94. The van der Waals surface area contributed by atoms with Crippen molar-refractivity contribution in [1.82, 2.24) is 5.32 Å². The molecule has 1 amide bonds. The molecule has 0 atom stereocenters. The van der Waals surface area contributed by atoms with Gasteiger partial charge in [-0.2, -0.15) is 0 Å². The zero-order valence-corrected chi connectivity index (χ0v) is 11.9. The molecule has 3 heteroatoms. The SMILES string of the molecule is C=CCOCc1ccc(C(=O)NC2CCCCC2)cc1. The van der Waals surface area contributed by atoms with Gasteiger partial charge in [0, 0.05) is 11.6 Å². The van der Waals surface area contributed by atoms with E-state index in [-0.39, 0.29) is 5.91 Å². The first-order valence-corrected chi connectivity index (χ1v) is 7.38. The van der Waals surface area contributed by atoms with Crippen LogP contribution in [0.4, 0.5) is 0 Å². The predicted octanol–water partition coefficient (Wildman–Crippen LogP) is 3.45. The van der Waals surface area contributed by atoms with E-state index in [0.717, 1.165) is 24.0 Å². The lowest BCUT2D eigenvalue weighted by Gasteiger charge is -2.22. The van der Waals surface area contributed by atoms with Gasteiger partial charge in [0.1, 0.15) is 0 Å². The van der Waals surface area contributed by atoms with Gasteiger partial charge < -0.3 is 10.1 Å². The van der Waals surface area contributed by atoms with E-state index in [1.54, 1.807) is 6.08 Å². The summed E-state index contributed by atoms with van der Waals surface area (Å²) in [4.78, 5) is 12.1. The number of hydrogen-bond acceptors (Lipinski definition) is 2. The molecular formula is C17H23NO2. The van der Waals surface area contributed by atoms with Crippen molar-refractivity contribution in [2.24, 2.45) is 0 Å². The Labute approximate surface area is 121 Å². The van der Waals surface area contributed by atoms with Gasteiger partial charge >= 0.3 is 0 Å². The van der Waals surface area contributed by atoms with Crippen molar-refractivity contribution in [3.63, 3.8) is 0 Å². The van der Waals surface area contributed by atoms with Gasteiger partial charge in [0.15, 0.2) is 0 Å². The zero-order valence-electron chi connectivity index (χ0n) is 11.9. The Kier molecular flexibility index (Phi) is 5.81. The smallest absolute Gasteiger partial charge is 0.251 e. The number of nitrogens with one attached hydrogen (secondary N) is 1. The van der Waals surface area contributed by atoms with Crippen LogP contribution in [0, 0.1) is 0 Å². The fourth-order valence-corrected chi connectivity index (χ4v) is 2.53. The quantitative estimate of drug-likeness (QED) is 0.637. The molecule has 1 aromatic carbocycles. The minimum absolute atomic E-state index is 0.0375. The van der Waals surface area contributed by atoms with Crippen LogP contribution >= 0.6 is 0 Å². The Balaban J connectivity index is 1.84. The van der Waals surface area contributed by atoms with Crippen LogP contribution in [-0.4, -0.2) is 18.6 Å². The maximum absolute atomic E-state index is 12.1. The average Bonchev–Trinajstić information content (AvgIpc) is 2.49. The molecule has 0 aliphatic heterocycles. The van der Waals surface area contributed by atoms with Gasteiger partial charge in [-0.15, -0.1) is 6.58 Å². The number of hydrogen-bond donors (Lipinski definition) is 1. The highest BCUT2D eigenvalue weighted by atomic mass is 16.5. The molecule has 108 valence electrons. The minimum Gasteiger partial charge on any atom is -0.373 e. The van der Waals surface area contributed by atoms with Gasteiger partial charge in [0.05, 0.1) is 13.2 Å². The van der Waals surface area contributed by atoms with E-state index in [1.165, 1.54) is 19.3 Å². The average molecular weight is 273 g/mol. The molecule has 1 aromatic rings. The van der Waals surface area contributed by atoms with Crippen molar-refractivity contribution in [2.45, 2.75) is 44.8 Å². The standard InChI is InChI=1S/C17H23NO2/c1-2-12-20-13-14-8-10-15(11-9-14)17(19)18-16-6-4-3-5-7-16/h2,8-11,16H,1,3-7,12-13H2,(H,18,19). The molecule has 0 heterocycles. The van der Waals surface area contributed by atoms with E-state index in [1.807, 2.05) is 24.3 Å². The Morgan fingerprint density at radius 1 is 1.25 bits per heavy atom. The van der Waals surface area contributed by atoms with Crippen LogP contribution < -0.4 is 5.32 Å². The molecule has 0 unspecified atom stereocenters. The largest absolute Gasteiger partial charge is 0.373 e. The van der Waals surface area contributed by atoms with E-state index in [9.17, 15) is 4.79 Å². The summed E-state index contributed by atoms with van der Waals surface area (Å²) in [5.41, 5.74) is 1.80. The lowest BCUT2D eigenvalue weighted by atomic mass is 9.95. The molecule has 0 spiro atoms. The van der Waals surface area contributed by atoms with Gasteiger partial charge in [0.25, 0.3) is 5.91 Å². The Bertz CT molecular complexity index is 433. The van der Waals surface area contributed by atoms with E-state index in [0.29, 0.717) is 19.3 Å². The summed E-state index contributed by atoms with van der Waals surface area (Å²) >= 11 is 0. The molecule has 0 bridgehead atoms. The number of amides is 1. The summed E-state index contributed by atoms with van der Waals surface area (Å²) in [5.74, 6) is 0.0375. The normalized spacial score (nSPS) is 15.8. The summed E-state index contributed by atoms with van der Waals surface area (Å²) in [6, 6.07) is 7.97.